The Balaban J connectivity index is 1.88. The fraction of sp³-hybridized carbons (Fsp3) is 0.211. The number of hydrogen-bond acceptors (Lipinski definition) is 3. The highest BCUT2D eigenvalue weighted by Crippen LogP contribution is 2.44. The summed E-state index contributed by atoms with van der Waals surface area (Å²) in [6, 6.07) is 13.9. The standard InChI is InChI=1S/C19H17N3O/c1-12(23)21-14-7-8-17-16(10-14)15(13-5-6-13)11-19(22-17)18-4-2-3-9-20-18/h2-4,7-11,13H,5-6H2,1H3,(H,21,23). The van der Waals surface area contributed by atoms with Crippen molar-refractivity contribution in [3.8, 4) is 11.4 Å². The lowest BCUT2D eigenvalue weighted by Crippen LogP contribution is -2.05. The van der Waals surface area contributed by atoms with Crippen LogP contribution in [0.5, 0.6) is 0 Å². The summed E-state index contributed by atoms with van der Waals surface area (Å²) in [7, 11) is 0. The van der Waals surface area contributed by atoms with Gasteiger partial charge in [0.1, 0.15) is 0 Å². The number of nitrogens with zero attached hydrogens (tertiary/aromatic N) is 2. The number of nitrogens with one attached hydrogen (secondary N) is 1. The molecule has 0 aliphatic heterocycles. The second-order valence-corrected chi connectivity index (χ2v) is 6.00. The highest BCUT2D eigenvalue weighted by Gasteiger charge is 2.26. The van der Waals surface area contributed by atoms with Gasteiger partial charge in [0.25, 0.3) is 0 Å². The molecule has 4 nitrogen and oxygen atoms in total. The zero-order valence-corrected chi connectivity index (χ0v) is 12.9. The Morgan fingerprint density at radius 1 is 1.13 bits per heavy atom. The fourth-order valence-corrected chi connectivity index (χ4v) is 2.91. The largest absolute Gasteiger partial charge is 0.326 e. The van der Waals surface area contributed by atoms with Crippen LogP contribution >= 0.6 is 0 Å². The molecule has 4 rings (SSSR count). The number of rotatable bonds is 3. The highest BCUT2D eigenvalue weighted by atomic mass is 16.1. The molecule has 23 heavy (non-hydrogen) atoms. The van der Waals surface area contributed by atoms with E-state index in [0.29, 0.717) is 5.92 Å². The maximum Gasteiger partial charge on any atom is 0.221 e. The van der Waals surface area contributed by atoms with Crippen LogP contribution in [0, 0.1) is 0 Å². The molecule has 3 aromatic rings. The molecule has 1 amide bonds. The summed E-state index contributed by atoms with van der Waals surface area (Å²) in [6.45, 7) is 1.52. The van der Waals surface area contributed by atoms with Crippen molar-refractivity contribution in [3.05, 3.63) is 54.2 Å². The molecule has 0 radical (unpaired) electrons. The number of anilines is 1. The predicted molar refractivity (Wildman–Crippen MR) is 91.3 cm³/mol. The number of carbonyl (C=O) groups is 1. The first-order valence-corrected chi connectivity index (χ1v) is 7.84. The number of benzene rings is 1. The minimum Gasteiger partial charge on any atom is -0.326 e. The minimum absolute atomic E-state index is 0.0598. The topological polar surface area (TPSA) is 54.9 Å². The molecular formula is C19H17N3O. The normalized spacial score (nSPS) is 14.0. The summed E-state index contributed by atoms with van der Waals surface area (Å²) >= 11 is 0. The lowest BCUT2D eigenvalue weighted by atomic mass is 10.0. The van der Waals surface area contributed by atoms with Crippen molar-refractivity contribution < 1.29 is 4.79 Å². The molecule has 1 aromatic carbocycles. The molecule has 0 atom stereocenters. The zero-order chi connectivity index (χ0) is 15.8. The summed E-state index contributed by atoms with van der Waals surface area (Å²) < 4.78 is 0. The van der Waals surface area contributed by atoms with Crippen molar-refractivity contribution in [1.82, 2.24) is 9.97 Å². The predicted octanol–water partition coefficient (Wildman–Crippen LogP) is 4.13. The first-order chi connectivity index (χ1) is 11.2. The van der Waals surface area contributed by atoms with Crippen molar-refractivity contribution in [2.24, 2.45) is 0 Å². The molecule has 1 fully saturated rings. The Hall–Kier alpha value is -2.75. The van der Waals surface area contributed by atoms with Crippen molar-refractivity contribution in [2.45, 2.75) is 25.7 Å². The van der Waals surface area contributed by atoms with Gasteiger partial charge in [0.05, 0.1) is 16.9 Å². The van der Waals surface area contributed by atoms with Crippen molar-refractivity contribution in [2.75, 3.05) is 5.32 Å². The molecule has 1 aliphatic carbocycles. The quantitative estimate of drug-likeness (QED) is 0.791. The van der Waals surface area contributed by atoms with Gasteiger partial charge in [-0.2, -0.15) is 0 Å². The third-order valence-corrected chi connectivity index (χ3v) is 4.11. The summed E-state index contributed by atoms with van der Waals surface area (Å²) in [6.07, 6.45) is 4.22. The highest BCUT2D eigenvalue weighted by molar-refractivity contribution is 5.94. The van der Waals surface area contributed by atoms with E-state index in [2.05, 4.69) is 16.4 Å². The van der Waals surface area contributed by atoms with Crippen LogP contribution in [0.2, 0.25) is 0 Å². The Labute approximate surface area is 134 Å². The van der Waals surface area contributed by atoms with E-state index in [9.17, 15) is 4.79 Å². The summed E-state index contributed by atoms with van der Waals surface area (Å²) in [5.74, 6) is 0.533. The molecule has 1 saturated carbocycles. The van der Waals surface area contributed by atoms with Crippen molar-refractivity contribution in [3.63, 3.8) is 0 Å². The van der Waals surface area contributed by atoms with Crippen LogP contribution in [0.25, 0.3) is 22.3 Å². The molecule has 114 valence electrons. The van der Waals surface area contributed by atoms with Crippen molar-refractivity contribution in [1.29, 1.82) is 0 Å². The number of aromatic nitrogens is 2. The summed E-state index contributed by atoms with van der Waals surface area (Å²) in [5.41, 5.74) is 4.88. The molecule has 1 N–H and O–H groups in total. The molecule has 1 aliphatic rings. The third kappa shape index (κ3) is 2.80. The lowest BCUT2D eigenvalue weighted by Gasteiger charge is -2.11. The van der Waals surface area contributed by atoms with Crippen LogP contribution in [0.4, 0.5) is 5.69 Å². The van der Waals surface area contributed by atoms with E-state index in [0.717, 1.165) is 28.0 Å². The molecule has 0 saturated heterocycles. The Bertz CT molecular complexity index is 886. The number of amides is 1. The van der Waals surface area contributed by atoms with Crippen LogP contribution < -0.4 is 5.32 Å². The maximum atomic E-state index is 11.3. The van der Waals surface area contributed by atoms with E-state index in [-0.39, 0.29) is 5.91 Å². The number of pyridine rings is 2. The van der Waals surface area contributed by atoms with Crippen LogP contribution in [0.3, 0.4) is 0 Å². The van der Waals surface area contributed by atoms with E-state index < -0.39 is 0 Å². The summed E-state index contributed by atoms with van der Waals surface area (Å²) in [5, 5.41) is 3.97. The van der Waals surface area contributed by atoms with Gasteiger partial charge in [0.2, 0.25) is 5.91 Å². The second-order valence-electron chi connectivity index (χ2n) is 6.00. The van der Waals surface area contributed by atoms with Crippen LogP contribution in [0.15, 0.2) is 48.7 Å². The van der Waals surface area contributed by atoms with E-state index in [1.807, 2.05) is 36.4 Å². The Morgan fingerprint density at radius 2 is 2.00 bits per heavy atom. The first kappa shape index (κ1) is 13.9. The molecule has 2 heterocycles. The number of carbonyl (C=O) groups excluding carboxylic acids is 1. The van der Waals surface area contributed by atoms with Gasteiger partial charge >= 0.3 is 0 Å². The van der Waals surface area contributed by atoms with Gasteiger partial charge in [0, 0.05) is 24.2 Å². The average Bonchev–Trinajstić information content (AvgIpc) is 3.39. The second kappa shape index (κ2) is 5.47. The smallest absolute Gasteiger partial charge is 0.221 e. The van der Waals surface area contributed by atoms with Gasteiger partial charge in [-0.15, -0.1) is 0 Å². The maximum absolute atomic E-state index is 11.3. The fourth-order valence-electron chi connectivity index (χ4n) is 2.91. The third-order valence-electron chi connectivity index (χ3n) is 4.11. The monoisotopic (exact) mass is 303 g/mol. The Morgan fingerprint density at radius 3 is 2.70 bits per heavy atom. The van der Waals surface area contributed by atoms with Crippen LogP contribution in [0.1, 0.15) is 31.2 Å². The van der Waals surface area contributed by atoms with Gasteiger partial charge in [-0.05, 0) is 60.7 Å². The van der Waals surface area contributed by atoms with Gasteiger partial charge in [0.15, 0.2) is 0 Å². The molecule has 0 spiro atoms. The first-order valence-electron chi connectivity index (χ1n) is 7.84. The lowest BCUT2D eigenvalue weighted by molar-refractivity contribution is -0.114. The van der Waals surface area contributed by atoms with E-state index >= 15 is 0 Å². The van der Waals surface area contributed by atoms with Gasteiger partial charge in [-0.25, -0.2) is 4.98 Å². The number of fused-ring (bicyclic) bond motifs is 1. The van der Waals surface area contributed by atoms with Gasteiger partial charge < -0.3 is 5.32 Å². The zero-order valence-electron chi connectivity index (χ0n) is 12.9. The van der Waals surface area contributed by atoms with E-state index in [1.165, 1.54) is 25.3 Å². The molecule has 2 aromatic heterocycles. The minimum atomic E-state index is -0.0598. The van der Waals surface area contributed by atoms with E-state index in [1.54, 1.807) is 6.20 Å². The van der Waals surface area contributed by atoms with Crippen molar-refractivity contribution >= 4 is 22.5 Å². The average molecular weight is 303 g/mol. The molecular weight excluding hydrogens is 286 g/mol. The van der Waals surface area contributed by atoms with Gasteiger partial charge in [-0.3, -0.25) is 9.78 Å². The van der Waals surface area contributed by atoms with Gasteiger partial charge in [-0.1, -0.05) is 6.07 Å². The summed E-state index contributed by atoms with van der Waals surface area (Å²) in [4.78, 5) is 20.5. The molecule has 0 unspecified atom stereocenters. The number of hydrogen-bond donors (Lipinski definition) is 1. The molecule has 0 bridgehead atoms. The SMILES string of the molecule is CC(=O)Nc1ccc2nc(-c3ccccn3)cc(C3CC3)c2c1. The van der Waals surface area contributed by atoms with E-state index in [4.69, 9.17) is 4.98 Å². The van der Waals surface area contributed by atoms with Crippen LogP contribution in [-0.4, -0.2) is 15.9 Å². The Kier molecular flexibility index (Phi) is 3.30. The molecule has 4 heteroatoms. The van der Waals surface area contributed by atoms with Crippen LogP contribution in [-0.2, 0) is 4.79 Å².